The summed E-state index contributed by atoms with van der Waals surface area (Å²) in [6, 6.07) is 0. The Morgan fingerprint density at radius 3 is 2.35 bits per heavy atom. The molecule has 2 amide bonds. The van der Waals surface area contributed by atoms with Crippen LogP contribution in [0.15, 0.2) is 0 Å². The van der Waals surface area contributed by atoms with Gasteiger partial charge in [0.1, 0.15) is 0 Å². The van der Waals surface area contributed by atoms with Crippen LogP contribution in [0, 0.1) is 5.92 Å². The second-order valence-electron chi connectivity index (χ2n) is 5.29. The van der Waals surface area contributed by atoms with Crippen LogP contribution in [0.2, 0.25) is 0 Å². The molecule has 0 atom stereocenters. The van der Waals surface area contributed by atoms with E-state index in [1.165, 1.54) is 0 Å². The molecule has 0 saturated carbocycles. The van der Waals surface area contributed by atoms with Gasteiger partial charge in [-0.05, 0) is 31.8 Å². The lowest BCUT2D eigenvalue weighted by molar-refractivity contribution is -0.133. The van der Waals surface area contributed by atoms with E-state index in [0.717, 1.165) is 45.6 Å². The van der Waals surface area contributed by atoms with Crippen molar-refractivity contribution in [3.63, 3.8) is 0 Å². The highest BCUT2D eigenvalue weighted by atomic mass is 16.2. The normalized spacial score (nSPS) is 16.5. The predicted molar refractivity (Wildman–Crippen MR) is 79.2 cm³/mol. The van der Waals surface area contributed by atoms with Crippen LogP contribution in [0.5, 0.6) is 0 Å². The summed E-state index contributed by atoms with van der Waals surface area (Å²) in [6.45, 7) is 9.24. The average Bonchev–Trinajstić information content (AvgIpc) is 2.50. The van der Waals surface area contributed by atoms with Gasteiger partial charge in [-0.15, -0.1) is 0 Å². The second-order valence-corrected chi connectivity index (χ2v) is 5.29. The van der Waals surface area contributed by atoms with Gasteiger partial charge in [-0.1, -0.05) is 13.8 Å². The third-order valence-corrected chi connectivity index (χ3v) is 4.00. The lowest BCUT2D eigenvalue weighted by Crippen LogP contribution is -2.46. The van der Waals surface area contributed by atoms with Crippen molar-refractivity contribution in [1.82, 2.24) is 15.1 Å². The van der Waals surface area contributed by atoms with Gasteiger partial charge in [0.2, 0.25) is 11.8 Å². The van der Waals surface area contributed by atoms with Crippen LogP contribution in [0.25, 0.3) is 0 Å². The van der Waals surface area contributed by atoms with E-state index in [-0.39, 0.29) is 24.9 Å². The van der Waals surface area contributed by atoms with E-state index in [1.54, 1.807) is 0 Å². The minimum absolute atomic E-state index is 0.00640. The van der Waals surface area contributed by atoms with Gasteiger partial charge in [0.05, 0.1) is 13.1 Å². The number of nitrogens with one attached hydrogen (secondary N) is 1. The lowest BCUT2D eigenvalue weighted by atomic mass is 9.96. The molecule has 20 heavy (non-hydrogen) atoms. The van der Waals surface area contributed by atoms with Gasteiger partial charge < -0.3 is 20.9 Å². The van der Waals surface area contributed by atoms with E-state index in [2.05, 4.69) is 24.1 Å². The Kier molecular flexibility index (Phi) is 7.54. The zero-order valence-electron chi connectivity index (χ0n) is 12.7. The second kappa shape index (κ2) is 8.92. The first kappa shape index (κ1) is 16.9. The summed E-state index contributed by atoms with van der Waals surface area (Å²) >= 11 is 0. The molecule has 0 aromatic heterocycles. The summed E-state index contributed by atoms with van der Waals surface area (Å²) in [5.74, 6) is 0.389. The first-order valence-electron chi connectivity index (χ1n) is 7.57. The predicted octanol–water partition coefficient (Wildman–Crippen LogP) is -0.358. The van der Waals surface area contributed by atoms with E-state index in [0.29, 0.717) is 5.92 Å². The van der Waals surface area contributed by atoms with Crippen LogP contribution < -0.4 is 11.1 Å². The molecular weight excluding hydrogens is 256 g/mol. The van der Waals surface area contributed by atoms with Crippen molar-refractivity contribution in [2.24, 2.45) is 11.7 Å². The Labute approximate surface area is 121 Å². The standard InChI is InChI=1S/C14H28N4O2/c1-3-17(4-2)11-12-5-7-18(8-6-12)14(20)10-16-13(19)9-15/h12H,3-11,15H2,1-2H3,(H,16,19). The molecule has 6 nitrogen and oxygen atoms in total. The van der Waals surface area contributed by atoms with Crippen molar-refractivity contribution in [1.29, 1.82) is 0 Å². The molecule has 116 valence electrons. The fourth-order valence-corrected chi connectivity index (χ4v) is 2.57. The molecule has 1 saturated heterocycles. The van der Waals surface area contributed by atoms with E-state index in [1.807, 2.05) is 4.90 Å². The number of nitrogens with zero attached hydrogens (tertiary/aromatic N) is 2. The minimum Gasteiger partial charge on any atom is -0.346 e. The fraction of sp³-hybridized carbons (Fsp3) is 0.857. The van der Waals surface area contributed by atoms with E-state index in [4.69, 9.17) is 5.73 Å². The third-order valence-electron chi connectivity index (χ3n) is 4.00. The third kappa shape index (κ3) is 5.46. The van der Waals surface area contributed by atoms with Crippen LogP contribution in [0.4, 0.5) is 0 Å². The SMILES string of the molecule is CCN(CC)CC1CCN(C(=O)CNC(=O)CN)CC1. The maximum absolute atomic E-state index is 11.9. The van der Waals surface area contributed by atoms with Crippen LogP contribution >= 0.6 is 0 Å². The van der Waals surface area contributed by atoms with Crippen molar-refractivity contribution < 1.29 is 9.59 Å². The molecule has 0 aromatic rings. The number of amides is 2. The molecule has 6 heteroatoms. The topological polar surface area (TPSA) is 78.7 Å². The molecule has 1 fully saturated rings. The molecule has 0 bridgehead atoms. The molecule has 0 aromatic carbocycles. The van der Waals surface area contributed by atoms with Gasteiger partial charge in [-0.3, -0.25) is 9.59 Å². The van der Waals surface area contributed by atoms with E-state index < -0.39 is 0 Å². The van der Waals surface area contributed by atoms with Crippen molar-refractivity contribution in [3.8, 4) is 0 Å². The highest BCUT2D eigenvalue weighted by Gasteiger charge is 2.23. The van der Waals surface area contributed by atoms with Crippen molar-refractivity contribution >= 4 is 11.8 Å². The molecule has 0 radical (unpaired) electrons. The number of hydrogen-bond donors (Lipinski definition) is 2. The Morgan fingerprint density at radius 1 is 1.25 bits per heavy atom. The van der Waals surface area contributed by atoms with Crippen LogP contribution in [0.1, 0.15) is 26.7 Å². The first-order chi connectivity index (χ1) is 9.60. The van der Waals surface area contributed by atoms with E-state index in [9.17, 15) is 9.59 Å². The maximum atomic E-state index is 11.9. The van der Waals surface area contributed by atoms with Crippen LogP contribution in [0.3, 0.4) is 0 Å². The first-order valence-corrected chi connectivity index (χ1v) is 7.57. The van der Waals surface area contributed by atoms with Gasteiger partial charge in [0, 0.05) is 19.6 Å². The van der Waals surface area contributed by atoms with Crippen molar-refractivity contribution in [2.75, 3.05) is 45.8 Å². The van der Waals surface area contributed by atoms with Crippen molar-refractivity contribution in [3.05, 3.63) is 0 Å². The average molecular weight is 284 g/mol. The highest BCUT2D eigenvalue weighted by molar-refractivity contribution is 5.85. The molecule has 0 spiro atoms. The minimum atomic E-state index is -0.283. The summed E-state index contributed by atoms with van der Waals surface area (Å²) < 4.78 is 0. The summed E-state index contributed by atoms with van der Waals surface area (Å²) in [5, 5.41) is 2.53. The molecule has 1 rings (SSSR count). The molecule has 1 aliphatic heterocycles. The Hall–Kier alpha value is -1.14. The molecule has 1 aliphatic rings. The molecule has 0 aliphatic carbocycles. The van der Waals surface area contributed by atoms with Crippen LogP contribution in [-0.2, 0) is 9.59 Å². The number of carbonyl (C=O) groups is 2. The van der Waals surface area contributed by atoms with Crippen LogP contribution in [-0.4, -0.2) is 67.4 Å². The highest BCUT2D eigenvalue weighted by Crippen LogP contribution is 2.18. The largest absolute Gasteiger partial charge is 0.346 e. The maximum Gasteiger partial charge on any atom is 0.241 e. The zero-order valence-corrected chi connectivity index (χ0v) is 12.7. The Balaban J connectivity index is 2.27. The van der Waals surface area contributed by atoms with E-state index >= 15 is 0 Å². The van der Waals surface area contributed by atoms with Gasteiger partial charge >= 0.3 is 0 Å². The van der Waals surface area contributed by atoms with Gasteiger partial charge in [-0.25, -0.2) is 0 Å². The summed E-state index contributed by atoms with van der Waals surface area (Å²) in [4.78, 5) is 27.2. The molecule has 0 unspecified atom stereocenters. The number of hydrogen-bond acceptors (Lipinski definition) is 4. The quantitative estimate of drug-likeness (QED) is 0.669. The Bertz CT molecular complexity index is 310. The fourth-order valence-electron chi connectivity index (χ4n) is 2.57. The molecule has 1 heterocycles. The van der Waals surface area contributed by atoms with Gasteiger partial charge in [-0.2, -0.15) is 0 Å². The number of piperidine rings is 1. The number of carbonyl (C=O) groups excluding carboxylic acids is 2. The summed E-state index contributed by atoms with van der Waals surface area (Å²) in [6.07, 6.45) is 2.10. The number of likely N-dealkylation sites (tertiary alicyclic amines) is 1. The number of rotatable bonds is 7. The Morgan fingerprint density at radius 2 is 1.85 bits per heavy atom. The summed E-state index contributed by atoms with van der Waals surface area (Å²) in [5.41, 5.74) is 5.19. The number of nitrogens with two attached hydrogens (primary N) is 1. The molecule has 3 N–H and O–H groups in total. The summed E-state index contributed by atoms with van der Waals surface area (Å²) in [7, 11) is 0. The zero-order chi connectivity index (χ0) is 15.0. The van der Waals surface area contributed by atoms with Crippen molar-refractivity contribution in [2.45, 2.75) is 26.7 Å². The van der Waals surface area contributed by atoms with Gasteiger partial charge in [0.25, 0.3) is 0 Å². The smallest absolute Gasteiger partial charge is 0.241 e. The lowest BCUT2D eigenvalue weighted by Gasteiger charge is -2.34. The monoisotopic (exact) mass is 284 g/mol. The molecular formula is C14H28N4O2. The van der Waals surface area contributed by atoms with Gasteiger partial charge in [0.15, 0.2) is 0 Å².